The number of nitrogens with one attached hydrogen (secondary N) is 1. The molecule has 0 bridgehead atoms. The summed E-state index contributed by atoms with van der Waals surface area (Å²) in [6, 6.07) is 3.89. The van der Waals surface area contributed by atoms with Gasteiger partial charge < -0.3 is 4.74 Å². The molecule has 1 aromatic heterocycles. The van der Waals surface area contributed by atoms with E-state index < -0.39 is 0 Å². The molecule has 1 saturated heterocycles. The first-order valence-electron chi connectivity index (χ1n) is 6.38. The van der Waals surface area contributed by atoms with Gasteiger partial charge in [0, 0.05) is 6.20 Å². The number of methoxy groups -OCH3 is 1. The molecule has 0 saturated carbocycles. The van der Waals surface area contributed by atoms with Crippen molar-refractivity contribution in [2.24, 2.45) is 11.8 Å². The number of pyridine rings is 1. The molecule has 0 aliphatic carbocycles. The minimum absolute atomic E-state index is 0.0780. The number of aromatic nitrogens is 1. The van der Waals surface area contributed by atoms with Crippen LogP contribution in [-0.4, -0.2) is 23.6 Å². The van der Waals surface area contributed by atoms with Crippen molar-refractivity contribution >= 4 is 11.8 Å². The second kappa shape index (κ2) is 6.97. The summed E-state index contributed by atoms with van der Waals surface area (Å²) < 4.78 is 5.36. The highest BCUT2D eigenvalue weighted by Crippen LogP contribution is 2.32. The number of nitrogens with two attached hydrogens (primary N) is 1. The Balaban J connectivity index is 2.07. The van der Waals surface area contributed by atoms with Crippen molar-refractivity contribution in [3.8, 4) is 5.75 Å². The molecule has 2 heterocycles. The Morgan fingerprint density at radius 2 is 2.33 bits per heavy atom. The quantitative estimate of drug-likeness (QED) is 0.632. The SMILES string of the molecule is COc1cccnc1C(CC1CCSCC1)NN. The van der Waals surface area contributed by atoms with E-state index in [1.807, 2.05) is 23.9 Å². The van der Waals surface area contributed by atoms with Gasteiger partial charge in [0.1, 0.15) is 11.4 Å². The molecule has 1 aliphatic heterocycles. The number of hydrazine groups is 1. The number of nitrogens with zero attached hydrogens (tertiary/aromatic N) is 1. The normalized spacial score (nSPS) is 18.6. The van der Waals surface area contributed by atoms with Crippen LogP contribution in [0, 0.1) is 5.92 Å². The van der Waals surface area contributed by atoms with Crippen LogP contribution in [0.1, 0.15) is 31.0 Å². The minimum atomic E-state index is 0.0780. The first-order chi connectivity index (χ1) is 8.85. The zero-order valence-electron chi connectivity index (χ0n) is 10.8. The van der Waals surface area contributed by atoms with Gasteiger partial charge in [-0.15, -0.1) is 0 Å². The highest BCUT2D eigenvalue weighted by Gasteiger charge is 2.22. The van der Waals surface area contributed by atoms with Gasteiger partial charge in [-0.2, -0.15) is 11.8 Å². The van der Waals surface area contributed by atoms with E-state index in [1.165, 1.54) is 24.3 Å². The maximum Gasteiger partial charge on any atom is 0.142 e. The molecule has 0 radical (unpaired) electrons. The van der Waals surface area contributed by atoms with Gasteiger partial charge in [-0.3, -0.25) is 16.3 Å². The predicted molar refractivity (Wildman–Crippen MR) is 75.5 cm³/mol. The molecular formula is C13H21N3OS. The van der Waals surface area contributed by atoms with E-state index in [4.69, 9.17) is 10.6 Å². The van der Waals surface area contributed by atoms with E-state index >= 15 is 0 Å². The summed E-state index contributed by atoms with van der Waals surface area (Å²) in [6.07, 6.45) is 5.37. The largest absolute Gasteiger partial charge is 0.495 e. The molecule has 100 valence electrons. The van der Waals surface area contributed by atoms with Gasteiger partial charge in [0.15, 0.2) is 0 Å². The van der Waals surface area contributed by atoms with Gasteiger partial charge in [0.2, 0.25) is 0 Å². The van der Waals surface area contributed by atoms with Crippen molar-refractivity contribution in [2.75, 3.05) is 18.6 Å². The fourth-order valence-corrected chi connectivity index (χ4v) is 3.62. The van der Waals surface area contributed by atoms with Gasteiger partial charge in [0.05, 0.1) is 13.2 Å². The van der Waals surface area contributed by atoms with E-state index in [-0.39, 0.29) is 6.04 Å². The number of ether oxygens (including phenoxy) is 1. The van der Waals surface area contributed by atoms with Crippen molar-refractivity contribution in [3.63, 3.8) is 0 Å². The Labute approximate surface area is 113 Å². The molecule has 0 spiro atoms. The number of hydrogen-bond acceptors (Lipinski definition) is 5. The molecule has 18 heavy (non-hydrogen) atoms. The van der Waals surface area contributed by atoms with E-state index in [0.29, 0.717) is 0 Å². The maximum absolute atomic E-state index is 5.69. The van der Waals surface area contributed by atoms with Gasteiger partial charge in [-0.1, -0.05) is 0 Å². The fourth-order valence-electron chi connectivity index (χ4n) is 2.41. The van der Waals surface area contributed by atoms with Crippen LogP contribution in [0.25, 0.3) is 0 Å². The predicted octanol–water partition coefficient (Wildman–Crippen LogP) is 2.13. The van der Waals surface area contributed by atoms with Crippen LogP contribution < -0.4 is 16.0 Å². The van der Waals surface area contributed by atoms with Crippen LogP contribution in [0.2, 0.25) is 0 Å². The third kappa shape index (κ3) is 3.37. The number of thioether (sulfide) groups is 1. The summed E-state index contributed by atoms with van der Waals surface area (Å²) in [4.78, 5) is 4.41. The molecule has 1 unspecified atom stereocenters. The molecule has 2 rings (SSSR count). The average Bonchev–Trinajstić information content (AvgIpc) is 2.46. The summed E-state index contributed by atoms with van der Waals surface area (Å²) in [5.41, 5.74) is 3.81. The van der Waals surface area contributed by atoms with Crippen LogP contribution in [0.4, 0.5) is 0 Å². The fraction of sp³-hybridized carbons (Fsp3) is 0.615. The number of hydrogen-bond donors (Lipinski definition) is 2. The van der Waals surface area contributed by atoms with Crippen LogP contribution in [0.3, 0.4) is 0 Å². The van der Waals surface area contributed by atoms with E-state index in [9.17, 15) is 0 Å². The van der Waals surface area contributed by atoms with Gasteiger partial charge in [0.25, 0.3) is 0 Å². The van der Waals surface area contributed by atoms with Gasteiger partial charge in [-0.05, 0) is 48.8 Å². The Bertz CT molecular complexity index is 369. The molecule has 0 amide bonds. The Hall–Kier alpha value is -0.780. The van der Waals surface area contributed by atoms with Crippen LogP contribution >= 0.6 is 11.8 Å². The first kappa shape index (κ1) is 13.6. The van der Waals surface area contributed by atoms with Gasteiger partial charge >= 0.3 is 0 Å². The smallest absolute Gasteiger partial charge is 0.142 e. The average molecular weight is 267 g/mol. The van der Waals surface area contributed by atoms with Crippen molar-refractivity contribution in [1.82, 2.24) is 10.4 Å². The molecule has 1 fully saturated rings. The molecule has 1 atom stereocenters. The Kier molecular flexibility index (Phi) is 5.28. The standard InChI is InChI=1S/C13H21N3OS/c1-17-12-3-2-6-15-13(12)11(16-14)9-10-4-7-18-8-5-10/h2-3,6,10-11,16H,4-5,7-9,14H2,1H3. The van der Waals surface area contributed by atoms with Gasteiger partial charge in [-0.25, -0.2) is 0 Å². The summed E-state index contributed by atoms with van der Waals surface area (Å²) in [6.45, 7) is 0. The lowest BCUT2D eigenvalue weighted by atomic mass is 9.92. The molecule has 3 N–H and O–H groups in total. The summed E-state index contributed by atoms with van der Waals surface area (Å²) in [5.74, 6) is 9.77. The van der Waals surface area contributed by atoms with Crippen LogP contribution in [-0.2, 0) is 0 Å². The monoisotopic (exact) mass is 267 g/mol. The molecule has 1 aromatic rings. The highest BCUT2D eigenvalue weighted by molar-refractivity contribution is 7.99. The number of rotatable bonds is 5. The Morgan fingerprint density at radius 1 is 1.56 bits per heavy atom. The molecule has 0 aromatic carbocycles. The minimum Gasteiger partial charge on any atom is -0.495 e. The third-order valence-electron chi connectivity index (χ3n) is 3.46. The second-order valence-electron chi connectivity index (χ2n) is 4.60. The van der Waals surface area contributed by atoms with E-state index in [0.717, 1.165) is 23.8 Å². The molecular weight excluding hydrogens is 246 g/mol. The Morgan fingerprint density at radius 3 is 3.00 bits per heavy atom. The van der Waals surface area contributed by atoms with E-state index in [2.05, 4.69) is 10.4 Å². The van der Waals surface area contributed by atoms with Crippen LogP contribution in [0.5, 0.6) is 5.75 Å². The third-order valence-corrected chi connectivity index (χ3v) is 4.51. The molecule has 4 nitrogen and oxygen atoms in total. The zero-order valence-corrected chi connectivity index (χ0v) is 11.6. The summed E-state index contributed by atoms with van der Waals surface area (Å²) >= 11 is 2.04. The zero-order chi connectivity index (χ0) is 12.8. The molecule has 5 heteroatoms. The summed E-state index contributed by atoms with van der Waals surface area (Å²) in [7, 11) is 1.67. The van der Waals surface area contributed by atoms with Crippen molar-refractivity contribution < 1.29 is 4.74 Å². The lowest BCUT2D eigenvalue weighted by Crippen LogP contribution is -2.31. The lowest BCUT2D eigenvalue weighted by molar-refractivity contribution is 0.349. The maximum atomic E-state index is 5.69. The van der Waals surface area contributed by atoms with Crippen molar-refractivity contribution in [1.29, 1.82) is 0 Å². The van der Waals surface area contributed by atoms with Crippen LogP contribution in [0.15, 0.2) is 18.3 Å². The lowest BCUT2D eigenvalue weighted by Gasteiger charge is -2.26. The first-order valence-corrected chi connectivity index (χ1v) is 7.53. The molecule has 1 aliphatic rings. The van der Waals surface area contributed by atoms with Crippen molar-refractivity contribution in [3.05, 3.63) is 24.0 Å². The van der Waals surface area contributed by atoms with E-state index in [1.54, 1.807) is 13.3 Å². The van der Waals surface area contributed by atoms with Crippen molar-refractivity contribution in [2.45, 2.75) is 25.3 Å². The second-order valence-corrected chi connectivity index (χ2v) is 5.83. The topological polar surface area (TPSA) is 60.2 Å². The summed E-state index contributed by atoms with van der Waals surface area (Å²) in [5, 5.41) is 0. The highest BCUT2D eigenvalue weighted by atomic mass is 32.2.